The quantitative estimate of drug-likeness (QED) is 0.678. The van der Waals surface area contributed by atoms with E-state index in [1.54, 1.807) is 0 Å². The van der Waals surface area contributed by atoms with E-state index in [1.807, 2.05) is 0 Å². The molecule has 116 valence electrons. The minimum atomic E-state index is -3.84. The Morgan fingerprint density at radius 3 is 2.48 bits per heavy atom. The summed E-state index contributed by atoms with van der Waals surface area (Å²) in [6, 6.07) is 4.31. The standard InChI is InChI=1S/C13H19N3O4S/c1-10-6-8-15(9-7-10)21(19,20)12-5-3-4-11(14-2)13(12)16(17)18/h3-5,10,14H,6-9H2,1-2H3. The van der Waals surface area contributed by atoms with Gasteiger partial charge >= 0.3 is 5.69 Å². The molecule has 0 aliphatic carbocycles. The molecule has 0 aromatic heterocycles. The van der Waals surface area contributed by atoms with Gasteiger partial charge in [-0.25, -0.2) is 8.42 Å². The fourth-order valence-corrected chi connectivity index (χ4v) is 4.13. The molecule has 2 rings (SSSR count). The van der Waals surface area contributed by atoms with E-state index < -0.39 is 20.6 Å². The number of rotatable bonds is 4. The highest BCUT2D eigenvalue weighted by Crippen LogP contribution is 2.34. The van der Waals surface area contributed by atoms with Crippen LogP contribution in [0.4, 0.5) is 11.4 Å². The molecule has 0 amide bonds. The average molecular weight is 313 g/mol. The van der Waals surface area contributed by atoms with Crippen molar-refractivity contribution in [1.29, 1.82) is 0 Å². The van der Waals surface area contributed by atoms with Gasteiger partial charge in [0.1, 0.15) is 5.69 Å². The van der Waals surface area contributed by atoms with E-state index in [-0.39, 0.29) is 10.6 Å². The number of piperidine rings is 1. The van der Waals surface area contributed by atoms with Gasteiger partial charge in [-0.15, -0.1) is 0 Å². The Labute approximate surface area is 124 Å². The lowest BCUT2D eigenvalue weighted by Crippen LogP contribution is -2.38. The maximum Gasteiger partial charge on any atom is 0.312 e. The van der Waals surface area contributed by atoms with Gasteiger partial charge in [-0.3, -0.25) is 10.1 Å². The third kappa shape index (κ3) is 3.01. The Hall–Kier alpha value is -1.67. The van der Waals surface area contributed by atoms with E-state index >= 15 is 0 Å². The molecule has 0 spiro atoms. The first-order valence-corrected chi connectivity index (χ1v) is 8.27. The van der Waals surface area contributed by atoms with Gasteiger partial charge in [-0.1, -0.05) is 13.0 Å². The lowest BCUT2D eigenvalue weighted by Gasteiger charge is -2.29. The van der Waals surface area contributed by atoms with E-state index in [0.717, 1.165) is 12.8 Å². The summed E-state index contributed by atoms with van der Waals surface area (Å²) in [4.78, 5) is 10.4. The molecular formula is C13H19N3O4S. The normalized spacial score (nSPS) is 17.6. The predicted octanol–water partition coefficient (Wildman–Crippen LogP) is 2.06. The number of para-hydroxylation sites is 1. The molecule has 0 unspecified atom stereocenters. The van der Waals surface area contributed by atoms with Crippen molar-refractivity contribution in [3.8, 4) is 0 Å². The van der Waals surface area contributed by atoms with Gasteiger partial charge in [0.25, 0.3) is 0 Å². The highest BCUT2D eigenvalue weighted by atomic mass is 32.2. The fourth-order valence-electron chi connectivity index (χ4n) is 2.48. The third-order valence-corrected chi connectivity index (χ3v) is 5.74. The first-order valence-electron chi connectivity index (χ1n) is 6.83. The zero-order valence-corrected chi connectivity index (χ0v) is 12.9. The van der Waals surface area contributed by atoms with Crippen molar-refractivity contribution >= 4 is 21.4 Å². The second-order valence-corrected chi connectivity index (χ2v) is 7.15. The average Bonchev–Trinajstić information content (AvgIpc) is 2.46. The maximum absolute atomic E-state index is 12.7. The Bertz CT molecular complexity index is 637. The summed E-state index contributed by atoms with van der Waals surface area (Å²) in [6.07, 6.45) is 1.55. The molecule has 0 saturated carbocycles. The molecule has 8 heteroatoms. The van der Waals surface area contributed by atoms with Crippen molar-refractivity contribution in [3.63, 3.8) is 0 Å². The SMILES string of the molecule is CNc1cccc(S(=O)(=O)N2CCC(C)CC2)c1[N+](=O)[O-]. The van der Waals surface area contributed by atoms with Crippen LogP contribution >= 0.6 is 0 Å². The Morgan fingerprint density at radius 1 is 1.33 bits per heavy atom. The molecule has 1 aromatic carbocycles. The monoisotopic (exact) mass is 313 g/mol. The van der Waals surface area contributed by atoms with E-state index in [9.17, 15) is 18.5 Å². The molecule has 1 heterocycles. The van der Waals surface area contributed by atoms with Crippen molar-refractivity contribution in [1.82, 2.24) is 4.31 Å². The lowest BCUT2D eigenvalue weighted by atomic mass is 10.0. The summed E-state index contributed by atoms with van der Waals surface area (Å²) in [6.45, 7) is 2.89. The largest absolute Gasteiger partial charge is 0.383 e. The highest BCUT2D eigenvalue weighted by Gasteiger charge is 2.34. The van der Waals surface area contributed by atoms with Gasteiger partial charge in [0, 0.05) is 20.1 Å². The van der Waals surface area contributed by atoms with E-state index in [2.05, 4.69) is 12.2 Å². The van der Waals surface area contributed by atoms with Crippen LogP contribution in [0.5, 0.6) is 0 Å². The van der Waals surface area contributed by atoms with Gasteiger partial charge in [0.05, 0.1) is 4.92 Å². The maximum atomic E-state index is 12.7. The van der Waals surface area contributed by atoms with Crippen molar-refractivity contribution in [2.24, 2.45) is 5.92 Å². The molecule has 0 bridgehead atoms. The number of anilines is 1. The zero-order chi connectivity index (χ0) is 15.6. The van der Waals surface area contributed by atoms with Crippen LogP contribution in [0.2, 0.25) is 0 Å². The van der Waals surface area contributed by atoms with Gasteiger partial charge in [-0.05, 0) is 30.9 Å². The van der Waals surface area contributed by atoms with Gasteiger partial charge in [0.2, 0.25) is 10.0 Å². The van der Waals surface area contributed by atoms with Crippen LogP contribution in [0.3, 0.4) is 0 Å². The van der Waals surface area contributed by atoms with Crippen LogP contribution in [0, 0.1) is 16.0 Å². The van der Waals surface area contributed by atoms with Crippen LogP contribution < -0.4 is 5.32 Å². The summed E-state index contributed by atoms with van der Waals surface area (Å²) in [7, 11) is -2.31. The Kier molecular flexibility index (Phi) is 4.48. The zero-order valence-electron chi connectivity index (χ0n) is 12.1. The number of nitrogens with zero attached hydrogens (tertiary/aromatic N) is 2. The summed E-state index contributed by atoms with van der Waals surface area (Å²) < 4.78 is 26.7. The first-order chi connectivity index (χ1) is 9.87. The number of sulfonamides is 1. The molecule has 1 N–H and O–H groups in total. The van der Waals surface area contributed by atoms with Crippen LogP contribution in [0.1, 0.15) is 19.8 Å². The molecule has 1 aliphatic rings. The molecule has 1 saturated heterocycles. The predicted molar refractivity (Wildman–Crippen MR) is 79.8 cm³/mol. The minimum Gasteiger partial charge on any atom is -0.383 e. The highest BCUT2D eigenvalue weighted by molar-refractivity contribution is 7.89. The van der Waals surface area contributed by atoms with Crippen molar-refractivity contribution in [2.45, 2.75) is 24.7 Å². The summed E-state index contributed by atoms with van der Waals surface area (Å²) in [5.41, 5.74) is -0.190. The molecule has 1 aliphatic heterocycles. The summed E-state index contributed by atoms with van der Waals surface area (Å²) in [5.74, 6) is 0.482. The smallest absolute Gasteiger partial charge is 0.312 e. The second-order valence-electron chi connectivity index (χ2n) is 5.25. The number of nitrogens with one attached hydrogen (secondary N) is 1. The van der Waals surface area contributed by atoms with Crippen LogP contribution in [-0.2, 0) is 10.0 Å². The topological polar surface area (TPSA) is 92.6 Å². The first kappa shape index (κ1) is 15.7. The number of hydrogen-bond donors (Lipinski definition) is 1. The number of hydrogen-bond acceptors (Lipinski definition) is 5. The number of nitro benzene ring substituents is 1. The van der Waals surface area contributed by atoms with Gasteiger partial charge in [0.15, 0.2) is 4.90 Å². The van der Waals surface area contributed by atoms with Crippen LogP contribution in [0.25, 0.3) is 0 Å². The molecule has 7 nitrogen and oxygen atoms in total. The summed E-state index contributed by atoms with van der Waals surface area (Å²) >= 11 is 0. The van der Waals surface area contributed by atoms with Crippen molar-refractivity contribution in [3.05, 3.63) is 28.3 Å². The van der Waals surface area contributed by atoms with Gasteiger partial charge in [-0.2, -0.15) is 4.31 Å². The second kappa shape index (κ2) is 5.98. The fraction of sp³-hybridized carbons (Fsp3) is 0.538. The van der Waals surface area contributed by atoms with E-state index in [1.165, 1.54) is 29.6 Å². The molecule has 21 heavy (non-hydrogen) atoms. The minimum absolute atomic E-state index is 0.200. The summed E-state index contributed by atoms with van der Waals surface area (Å²) in [5, 5.41) is 13.9. The Balaban J connectivity index is 2.47. The lowest BCUT2D eigenvalue weighted by molar-refractivity contribution is -0.386. The van der Waals surface area contributed by atoms with Crippen molar-refractivity contribution in [2.75, 3.05) is 25.5 Å². The van der Waals surface area contributed by atoms with Crippen molar-refractivity contribution < 1.29 is 13.3 Å². The Morgan fingerprint density at radius 2 is 1.95 bits per heavy atom. The van der Waals surface area contributed by atoms with E-state index in [0.29, 0.717) is 19.0 Å². The number of benzene rings is 1. The third-order valence-electron chi connectivity index (χ3n) is 3.81. The number of nitro groups is 1. The van der Waals surface area contributed by atoms with E-state index in [4.69, 9.17) is 0 Å². The molecule has 1 fully saturated rings. The molecular weight excluding hydrogens is 294 g/mol. The molecule has 1 aromatic rings. The molecule has 0 atom stereocenters. The molecule has 0 radical (unpaired) electrons. The van der Waals surface area contributed by atoms with Gasteiger partial charge < -0.3 is 5.32 Å². The van der Waals surface area contributed by atoms with Crippen LogP contribution in [0.15, 0.2) is 23.1 Å². The van der Waals surface area contributed by atoms with Crippen LogP contribution in [-0.4, -0.2) is 37.8 Å².